The van der Waals surface area contributed by atoms with E-state index in [1.807, 2.05) is 0 Å². The first-order valence-corrected chi connectivity index (χ1v) is 21.1. The van der Waals surface area contributed by atoms with E-state index in [1.54, 1.807) is 10.4 Å². The first kappa shape index (κ1) is 33.4. The molecule has 2 fully saturated rings. The van der Waals surface area contributed by atoms with Gasteiger partial charge in [-0.3, -0.25) is 4.99 Å². The topological polar surface area (TPSA) is 15.6 Å². The molecule has 0 N–H and O–H groups in total. The summed E-state index contributed by atoms with van der Waals surface area (Å²) in [5, 5.41) is 3.17. The van der Waals surface area contributed by atoms with Crippen LogP contribution in [0.3, 0.4) is 0 Å². The first-order chi connectivity index (χ1) is 20.2. The fraction of sp³-hybridized carbons (Fsp3) is 0.444. The number of hydrogen-bond donors (Lipinski definition) is 0. The standard InChI is InChI=1S/C35H44N2Si.CH3.2ClH.Cr/c1-2-3-4-7-16-29-27-34(33-24-13-12-23-32(29)33)38(30-19-8-5-9-20-30,31-21-10-6-11-22-31)37-26-15-18-28-17-14-25-36-35(28)37;;;;/h2,5-6,8-13,19-24,28-29,32-34H,1,3-4,7,14-18,25-27H2;1H3;2*1H;/q;-1;;;+3/p-2. The number of fused-ring (bicyclic) bond motifs is 2. The van der Waals surface area contributed by atoms with Crippen LogP contribution in [0.1, 0.15) is 57.8 Å². The number of piperidine rings is 1. The minimum atomic E-state index is -2.43. The van der Waals surface area contributed by atoms with Gasteiger partial charge in [0.05, 0.1) is 5.84 Å². The number of unbranched alkanes of at least 4 members (excludes halogenated alkanes) is 2. The Morgan fingerprint density at radius 2 is 1.52 bits per heavy atom. The summed E-state index contributed by atoms with van der Waals surface area (Å²) in [6.45, 7) is 6.12. The van der Waals surface area contributed by atoms with E-state index in [0.717, 1.165) is 25.4 Å². The molecule has 42 heavy (non-hydrogen) atoms. The van der Waals surface area contributed by atoms with Crippen LogP contribution in [0.15, 0.2) is 103 Å². The molecule has 1 saturated heterocycles. The molecule has 0 bridgehead atoms. The number of halogens is 2. The number of hydrogen-bond acceptors (Lipinski definition) is 2. The summed E-state index contributed by atoms with van der Waals surface area (Å²) in [6.07, 6.45) is 23.5. The first-order valence-electron chi connectivity index (χ1n) is 15.5. The van der Waals surface area contributed by atoms with Gasteiger partial charge in [-0.1, -0.05) is 97.5 Å². The molecule has 0 radical (unpaired) electrons. The summed E-state index contributed by atoms with van der Waals surface area (Å²) < 4.78 is 2.97. The fourth-order valence-electron chi connectivity index (χ4n) is 8.44. The Morgan fingerprint density at radius 3 is 2.17 bits per heavy atom. The molecule has 2 aliphatic heterocycles. The quantitative estimate of drug-likeness (QED) is 0.114. The van der Waals surface area contributed by atoms with Crippen molar-refractivity contribution in [2.45, 2.75) is 63.3 Å². The van der Waals surface area contributed by atoms with Crippen molar-refractivity contribution in [1.82, 2.24) is 4.57 Å². The molecule has 2 aliphatic carbocycles. The van der Waals surface area contributed by atoms with E-state index >= 15 is 0 Å². The number of rotatable bonds is 9. The number of benzene rings is 2. The summed E-state index contributed by atoms with van der Waals surface area (Å²) in [7, 11) is 7.23. The molecule has 5 atom stereocenters. The molecule has 6 heteroatoms. The Labute approximate surface area is 271 Å². The normalized spacial score (nSPS) is 26.1. The van der Waals surface area contributed by atoms with Gasteiger partial charge in [-0.15, -0.1) is 6.58 Å². The van der Waals surface area contributed by atoms with E-state index < -0.39 is 8.24 Å². The molecule has 2 aromatic rings. The van der Waals surface area contributed by atoms with Gasteiger partial charge < -0.3 is 12.0 Å². The zero-order valence-corrected chi connectivity index (χ0v) is 28.9. The van der Waals surface area contributed by atoms with Crippen molar-refractivity contribution in [3.05, 3.63) is 105 Å². The summed E-state index contributed by atoms with van der Waals surface area (Å²) >= 11 is -0.181. The molecule has 0 amide bonds. The Balaban J connectivity index is 0.000000972. The van der Waals surface area contributed by atoms with Crippen LogP contribution in [0.2, 0.25) is 5.54 Å². The molecule has 0 spiro atoms. The summed E-state index contributed by atoms with van der Waals surface area (Å²) in [5.41, 5.74) is 0.631. The molecule has 0 aromatic heterocycles. The van der Waals surface area contributed by atoms with Crippen molar-refractivity contribution in [3.8, 4) is 0 Å². The van der Waals surface area contributed by atoms with Gasteiger partial charge in [0, 0.05) is 19.0 Å². The summed E-state index contributed by atoms with van der Waals surface area (Å²) in [6, 6.07) is 23.5. The Hall–Kier alpha value is -1.54. The van der Waals surface area contributed by atoms with Crippen LogP contribution in [0, 0.1) is 31.1 Å². The van der Waals surface area contributed by atoms with Gasteiger partial charge in [-0.05, 0) is 85.0 Å². The average molecular weight is 659 g/mol. The van der Waals surface area contributed by atoms with Gasteiger partial charge in [-0.25, -0.2) is 0 Å². The van der Waals surface area contributed by atoms with Gasteiger partial charge in [0.2, 0.25) is 8.24 Å². The third-order valence-electron chi connectivity index (χ3n) is 9.97. The number of allylic oxidation sites excluding steroid dienone is 5. The van der Waals surface area contributed by atoms with Crippen LogP contribution in [0.5, 0.6) is 0 Å². The maximum atomic E-state index is 5.35. The zero-order chi connectivity index (χ0) is 28.5. The molecule has 6 rings (SSSR count). The SMILES string of the molecule is C=CCCCCC1CC([Si](c2ccccc2)(c2ccccc2)N2CCCC3CCCN=C32)C2C=CC=CC12.[CH3-].[Cl][Cr+][Cl]. The van der Waals surface area contributed by atoms with Crippen molar-refractivity contribution in [3.63, 3.8) is 0 Å². The molecule has 2 aromatic carbocycles. The molecule has 2 nitrogen and oxygen atoms in total. The van der Waals surface area contributed by atoms with Crippen LogP contribution in [0.25, 0.3) is 0 Å². The molecular weight excluding hydrogens is 611 g/mol. The Morgan fingerprint density at radius 1 is 0.905 bits per heavy atom. The van der Waals surface area contributed by atoms with Gasteiger partial charge in [0.15, 0.2) is 0 Å². The minimum absolute atomic E-state index is 0. The van der Waals surface area contributed by atoms with Crippen LogP contribution in [0.4, 0.5) is 0 Å². The molecular formula is C36H47Cl2CrN2Si. The van der Waals surface area contributed by atoms with E-state index in [-0.39, 0.29) is 20.8 Å². The zero-order valence-electron chi connectivity index (χ0n) is 25.1. The second-order valence-electron chi connectivity index (χ2n) is 12.0. The maximum absolute atomic E-state index is 5.35. The van der Waals surface area contributed by atoms with Crippen molar-refractivity contribution in [2.24, 2.45) is 28.7 Å². The monoisotopic (exact) mass is 657 g/mol. The van der Waals surface area contributed by atoms with E-state index in [9.17, 15) is 0 Å². The second kappa shape index (κ2) is 16.5. The van der Waals surface area contributed by atoms with Crippen molar-refractivity contribution in [1.29, 1.82) is 0 Å². The molecule has 5 unspecified atom stereocenters. The molecule has 1 saturated carbocycles. The number of nitrogens with zero attached hydrogens (tertiary/aromatic N) is 2. The van der Waals surface area contributed by atoms with E-state index in [2.05, 4.69) is 102 Å². The summed E-state index contributed by atoms with van der Waals surface area (Å²) in [5.74, 6) is 4.11. The average Bonchev–Trinajstić information content (AvgIpc) is 3.40. The van der Waals surface area contributed by atoms with E-state index in [0.29, 0.717) is 23.3 Å². The molecule has 2 heterocycles. The predicted octanol–water partition coefficient (Wildman–Crippen LogP) is 8.97. The van der Waals surface area contributed by atoms with E-state index in [1.165, 1.54) is 57.2 Å². The third kappa shape index (κ3) is 6.90. The number of amidine groups is 1. The Kier molecular flexibility index (Phi) is 13.1. The van der Waals surface area contributed by atoms with Gasteiger partial charge in [-0.2, -0.15) is 0 Å². The van der Waals surface area contributed by atoms with Crippen molar-refractivity contribution < 1.29 is 13.4 Å². The second-order valence-corrected chi connectivity index (χ2v) is 18.1. The Bertz CT molecular complexity index is 1160. The third-order valence-corrected chi connectivity index (χ3v) is 15.4. The van der Waals surface area contributed by atoms with Gasteiger partial charge in [0.25, 0.3) is 0 Å². The van der Waals surface area contributed by atoms with Crippen molar-refractivity contribution >= 4 is 44.5 Å². The predicted molar refractivity (Wildman–Crippen MR) is 183 cm³/mol. The van der Waals surface area contributed by atoms with Crippen LogP contribution in [-0.2, 0) is 13.4 Å². The molecule has 4 aliphatic rings. The van der Waals surface area contributed by atoms with E-state index in [4.69, 9.17) is 25.1 Å². The summed E-state index contributed by atoms with van der Waals surface area (Å²) in [4.78, 5) is 5.35. The van der Waals surface area contributed by atoms with Crippen LogP contribution in [-0.4, -0.2) is 31.7 Å². The van der Waals surface area contributed by atoms with Gasteiger partial charge >= 0.3 is 33.5 Å². The number of aliphatic imine (C=N–C) groups is 1. The molecule has 225 valence electrons. The van der Waals surface area contributed by atoms with Crippen LogP contribution >= 0.6 is 20.1 Å². The van der Waals surface area contributed by atoms with Crippen molar-refractivity contribution in [2.75, 3.05) is 13.1 Å². The fourth-order valence-corrected chi connectivity index (χ4v) is 14.7. The van der Waals surface area contributed by atoms with Gasteiger partial charge in [0.1, 0.15) is 0 Å². The van der Waals surface area contributed by atoms with Crippen LogP contribution < -0.4 is 10.4 Å².